The van der Waals surface area contributed by atoms with Crippen LogP contribution in [0, 0.1) is 6.92 Å². The van der Waals surface area contributed by atoms with Crippen LogP contribution in [0.3, 0.4) is 0 Å². The molecule has 0 spiro atoms. The minimum absolute atomic E-state index is 0.161. The van der Waals surface area contributed by atoms with E-state index in [1.54, 1.807) is 12.3 Å². The molecule has 33 heavy (non-hydrogen) atoms. The predicted molar refractivity (Wildman–Crippen MR) is 131 cm³/mol. The first-order chi connectivity index (χ1) is 15.8. The predicted octanol–water partition coefficient (Wildman–Crippen LogP) is 4.72. The summed E-state index contributed by atoms with van der Waals surface area (Å²) in [5, 5.41) is 10.0. The molecule has 1 atom stereocenters. The fraction of sp³-hybridized carbons (Fsp3) is 0.400. The molecule has 0 amide bonds. The van der Waals surface area contributed by atoms with Crippen molar-refractivity contribution >= 4 is 38.5 Å². The Kier molecular flexibility index (Phi) is 5.43. The van der Waals surface area contributed by atoms with Crippen molar-refractivity contribution in [3.63, 3.8) is 0 Å². The summed E-state index contributed by atoms with van der Waals surface area (Å²) in [7, 11) is 0. The second kappa shape index (κ2) is 8.17. The average molecular weight is 512 g/mol. The van der Waals surface area contributed by atoms with Crippen molar-refractivity contribution in [3.8, 4) is 5.88 Å². The maximum absolute atomic E-state index is 13.0. The summed E-state index contributed by atoms with van der Waals surface area (Å²) < 4.78 is 8.83. The Morgan fingerprint density at radius 2 is 2.15 bits per heavy atom. The molecule has 1 aliphatic heterocycles. The Morgan fingerprint density at radius 1 is 1.36 bits per heavy atom. The van der Waals surface area contributed by atoms with Gasteiger partial charge in [0.2, 0.25) is 11.3 Å². The first-order valence-corrected chi connectivity index (χ1v) is 12.0. The van der Waals surface area contributed by atoms with E-state index in [1.807, 2.05) is 29.7 Å². The van der Waals surface area contributed by atoms with Gasteiger partial charge < -0.3 is 19.3 Å². The number of nitrogens with zero attached hydrogens (tertiary/aromatic N) is 3. The standard InChI is InChI=1S/C25H26BrN3O4/c1-15-5-3-9-27-23(15)33-14-16-6-4-10-28(16)21-12-20-17(11-19(21)26)22(30)18(24(31)32)13-29(20)25(2)7-8-25/h3,5,9,11-13,16H,4,6-8,10,14H2,1-2H3,(H,31,32). The van der Waals surface area contributed by atoms with E-state index in [9.17, 15) is 14.7 Å². The van der Waals surface area contributed by atoms with Crippen LogP contribution in [0.25, 0.3) is 10.9 Å². The Morgan fingerprint density at radius 3 is 2.85 bits per heavy atom. The summed E-state index contributed by atoms with van der Waals surface area (Å²) >= 11 is 3.66. The summed E-state index contributed by atoms with van der Waals surface area (Å²) in [4.78, 5) is 31.3. The first-order valence-electron chi connectivity index (χ1n) is 11.2. The lowest BCUT2D eigenvalue weighted by molar-refractivity contribution is 0.0694. The number of carbonyl (C=O) groups is 1. The van der Waals surface area contributed by atoms with Crippen molar-refractivity contribution in [3.05, 3.63) is 62.5 Å². The number of ether oxygens (including phenoxy) is 1. The maximum atomic E-state index is 13.0. The first kappa shape index (κ1) is 21.9. The van der Waals surface area contributed by atoms with E-state index in [0.29, 0.717) is 17.9 Å². The number of aromatic nitrogens is 2. The monoisotopic (exact) mass is 511 g/mol. The van der Waals surface area contributed by atoms with Crippen LogP contribution < -0.4 is 15.1 Å². The second-order valence-electron chi connectivity index (χ2n) is 9.29. The second-order valence-corrected chi connectivity index (χ2v) is 10.1. The molecule has 3 aromatic rings. The minimum Gasteiger partial charge on any atom is -0.477 e. The largest absolute Gasteiger partial charge is 0.477 e. The number of halogens is 1. The number of rotatable bonds is 6. The quantitative estimate of drug-likeness (QED) is 0.515. The molecule has 5 rings (SSSR count). The van der Waals surface area contributed by atoms with Gasteiger partial charge in [-0.2, -0.15) is 0 Å². The highest BCUT2D eigenvalue weighted by Gasteiger charge is 2.40. The normalized spacial score (nSPS) is 19.1. The number of carboxylic acid groups (broad SMARTS) is 1. The zero-order valence-corrected chi connectivity index (χ0v) is 20.3. The molecular weight excluding hydrogens is 486 g/mol. The number of aromatic carboxylic acids is 1. The fourth-order valence-electron chi connectivity index (χ4n) is 4.70. The Balaban J connectivity index is 1.55. The molecule has 2 aliphatic rings. The third-order valence-corrected chi connectivity index (χ3v) is 7.55. The zero-order chi connectivity index (χ0) is 23.3. The van der Waals surface area contributed by atoms with Crippen LogP contribution in [-0.4, -0.2) is 39.8 Å². The number of aryl methyl sites for hydroxylation is 1. The van der Waals surface area contributed by atoms with Gasteiger partial charge in [0.05, 0.1) is 17.2 Å². The number of fused-ring (bicyclic) bond motifs is 1. The van der Waals surface area contributed by atoms with Gasteiger partial charge in [-0.3, -0.25) is 4.79 Å². The zero-order valence-electron chi connectivity index (χ0n) is 18.7. The van der Waals surface area contributed by atoms with Crippen LogP contribution in [0.15, 0.2) is 45.9 Å². The van der Waals surface area contributed by atoms with Crippen molar-refractivity contribution in [2.75, 3.05) is 18.1 Å². The van der Waals surface area contributed by atoms with E-state index in [2.05, 4.69) is 32.7 Å². The number of anilines is 1. The lowest BCUT2D eigenvalue weighted by Crippen LogP contribution is -2.35. The molecule has 0 radical (unpaired) electrons. The van der Waals surface area contributed by atoms with Gasteiger partial charge in [0.15, 0.2) is 0 Å². The Bertz CT molecular complexity index is 1310. The minimum atomic E-state index is -1.19. The molecule has 3 heterocycles. The van der Waals surface area contributed by atoms with E-state index in [1.165, 1.54) is 6.20 Å². The molecular formula is C25H26BrN3O4. The summed E-state index contributed by atoms with van der Waals surface area (Å²) in [5.74, 6) is -0.541. The van der Waals surface area contributed by atoms with Gasteiger partial charge in [0.1, 0.15) is 12.2 Å². The number of hydrogen-bond acceptors (Lipinski definition) is 5. The highest BCUT2D eigenvalue weighted by Crippen LogP contribution is 2.45. The molecule has 1 unspecified atom stereocenters. The van der Waals surface area contributed by atoms with Gasteiger partial charge in [-0.05, 0) is 73.7 Å². The van der Waals surface area contributed by atoms with Crippen LogP contribution in [-0.2, 0) is 5.54 Å². The summed E-state index contributed by atoms with van der Waals surface area (Å²) in [6, 6.07) is 7.86. The molecule has 1 aliphatic carbocycles. The van der Waals surface area contributed by atoms with E-state index in [0.717, 1.165) is 53.5 Å². The van der Waals surface area contributed by atoms with Crippen molar-refractivity contribution in [1.82, 2.24) is 9.55 Å². The number of carboxylic acids is 1. The molecule has 2 fully saturated rings. The molecule has 8 heteroatoms. The molecule has 1 N–H and O–H groups in total. The van der Waals surface area contributed by atoms with Crippen molar-refractivity contribution in [2.45, 2.75) is 51.1 Å². The fourth-order valence-corrected chi connectivity index (χ4v) is 5.27. The van der Waals surface area contributed by atoms with Crippen molar-refractivity contribution in [2.24, 2.45) is 0 Å². The van der Waals surface area contributed by atoms with Gasteiger partial charge in [-0.15, -0.1) is 0 Å². The van der Waals surface area contributed by atoms with Gasteiger partial charge >= 0.3 is 5.97 Å². The smallest absolute Gasteiger partial charge is 0.341 e. The number of hydrogen-bond donors (Lipinski definition) is 1. The topological polar surface area (TPSA) is 84.7 Å². The van der Waals surface area contributed by atoms with Crippen molar-refractivity contribution < 1.29 is 14.6 Å². The van der Waals surface area contributed by atoms with Crippen LogP contribution in [0.2, 0.25) is 0 Å². The molecule has 7 nitrogen and oxygen atoms in total. The Hall–Kier alpha value is -2.87. The third-order valence-electron chi connectivity index (χ3n) is 6.92. The SMILES string of the molecule is Cc1cccnc1OCC1CCCN1c1cc2c(cc1Br)c(=O)c(C(=O)O)cn2C1(C)CC1. The highest BCUT2D eigenvalue weighted by molar-refractivity contribution is 9.10. The third kappa shape index (κ3) is 3.90. The van der Waals surface area contributed by atoms with E-state index in [-0.39, 0.29) is 17.1 Å². The Labute approximate surface area is 200 Å². The summed E-state index contributed by atoms with van der Waals surface area (Å²) in [6.07, 6.45) is 7.21. The summed E-state index contributed by atoms with van der Waals surface area (Å²) in [5.41, 5.74) is 1.98. The number of benzene rings is 1. The van der Waals surface area contributed by atoms with Crippen LogP contribution in [0.5, 0.6) is 5.88 Å². The lowest BCUT2D eigenvalue weighted by atomic mass is 10.1. The molecule has 1 saturated heterocycles. The van der Waals surface area contributed by atoms with Crippen LogP contribution in [0.1, 0.15) is 48.5 Å². The highest BCUT2D eigenvalue weighted by atomic mass is 79.9. The molecule has 0 bridgehead atoms. The van der Waals surface area contributed by atoms with Gasteiger partial charge in [-0.1, -0.05) is 6.07 Å². The number of pyridine rings is 2. The van der Waals surface area contributed by atoms with Gasteiger partial charge in [-0.25, -0.2) is 9.78 Å². The van der Waals surface area contributed by atoms with E-state index >= 15 is 0 Å². The lowest BCUT2D eigenvalue weighted by Gasteiger charge is -2.29. The maximum Gasteiger partial charge on any atom is 0.341 e. The van der Waals surface area contributed by atoms with E-state index < -0.39 is 11.4 Å². The van der Waals surface area contributed by atoms with Crippen LogP contribution >= 0.6 is 15.9 Å². The summed E-state index contributed by atoms with van der Waals surface area (Å²) in [6.45, 7) is 5.49. The molecule has 1 aromatic carbocycles. The van der Waals surface area contributed by atoms with Gasteiger partial charge in [0.25, 0.3) is 0 Å². The molecule has 172 valence electrons. The van der Waals surface area contributed by atoms with Crippen molar-refractivity contribution in [1.29, 1.82) is 0 Å². The van der Waals surface area contributed by atoms with Crippen LogP contribution in [0.4, 0.5) is 5.69 Å². The average Bonchev–Trinajstić information content (AvgIpc) is 3.36. The van der Waals surface area contributed by atoms with E-state index in [4.69, 9.17) is 4.74 Å². The molecule has 1 saturated carbocycles. The van der Waals surface area contributed by atoms with Gasteiger partial charge in [0, 0.05) is 39.9 Å². The molecule has 2 aromatic heterocycles.